The lowest BCUT2D eigenvalue weighted by Gasteiger charge is -2.52. The summed E-state index contributed by atoms with van der Waals surface area (Å²) >= 11 is 5.23. The Bertz CT molecular complexity index is 586. The predicted octanol–water partition coefficient (Wildman–Crippen LogP) is 3.97. The van der Waals surface area contributed by atoms with Gasteiger partial charge in [-0.15, -0.1) is 0 Å². The highest BCUT2D eigenvalue weighted by atomic mass is 32.1. The predicted molar refractivity (Wildman–Crippen MR) is 97.6 cm³/mol. The maximum atomic E-state index is 12.2. The second-order valence-electron chi connectivity index (χ2n) is 6.77. The molecule has 0 aromatic heterocycles. The van der Waals surface area contributed by atoms with Crippen LogP contribution in [-0.4, -0.2) is 18.1 Å². The molecule has 2 N–H and O–H groups in total. The Labute approximate surface area is 144 Å². The normalized spacial score (nSPS) is 21.9. The van der Waals surface area contributed by atoms with E-state index in [0.717, 1.165) is 18.0 Å². The summed E-state index contributed by atoms with van der Waals surface area (Å²) in [5.41, 5.74) is 0.986. The zero-order chi connectivity index (χ0) is 17.0. The van der Waals surface area contributed by atoms with Crippen LogP contribution in [0.5, 0.6) is 5.75 Å². The van der Waals surface area contributed by atoms with Crippen molar-refractivity contribution in [2.75, 3.05) is 12.4 Å². The van der Waals surface area contributed by atoms with Gasteiger partial charge in [-0.25, -0.2) is 0 Å². The van der Waals surface area contributed by atoms with E-state index in [1.165, 1.54) is 6.42 Å². The Kier molecular flexibility index (Phi) is 5.63. The molecule has 0 radical (unpaired) electrons. The third kappa shape index (κ3) is 4.02. The molecule has 126 valence electrons. The van der Waals surface area contributed by atoms with Crippen LogP contribution in [0.2, 0.25) is 0 Å². The monoisotopic (exact) mass is 334 g/mol. The number of benzene rings is 1. The standard InChI is InChI=1S/C18H26N2O2S/c1-5-12-10-13(18(12,2)3)11-16(21)20-17(23)19-14-8-6-7-9-15(14)22-4/h6-9,12-13H,5,10-11H2,1-4H3,(H2,19,20,21,23)/t12-,13-/m0/s1. The van der Waals surface area contributed by atoms with Crippen molar-refractivity contribution in [1.82, 2.24) is 5.32 Å². The van der Waals surface area contributed by atoms with Crippen LogP contribution in [0.1, 0.15) is 40.0 Å². The minimum absolute atomic E-state index is 0.0231. The molecule has 4 nitrogen and oxygen atoms in total. The molecular weight excluding hydrogens is 308 g/mol. The van der Waals surface area contributed by atoms with Crippen molar-refractivity contribution < 1.29 is 9.53 Å². The zero-order valence-electron chi connectivity index (χ0n) is 14.3. The molecule has 0 bridgehead atoms. The number of para-hydroxylation sites is 2. The van der Waals surface area contributed by atoms with Gasteiger partial charge in [-0.3, -0.25) is 4.79 Å². The third-order valence-corrected chi connectivity index (χ3v) is 5.41. The van der Waals surface area contributed by atoms with Crippen molar-refractivity contribution >= 4 is 28.9 Å². The van der Waals surface area contributed by atoms with Crippen LogP contribution in [0.4, 0.5) is 5.69 Å². The van der Waals surface area contributed by atoms with Gasteiger partial charge in [0.2, 0.25) is 5.91 Å². The van der Waals surface area contributed by atoms with Crippen LogP contribution in [-0.2, 0) is 4.79 Å². The summed E-state index contributed by atoms with van der Waals surface area (Å²) in [4.78, 5) is 12.2. The van der Waals surface area contributed by atoms with E-state index in [1.54, 1.807) is 7.11 Å². The molecule has 2 atom stereocenters. The lowest BCUT2D eigenvalue weighted by Crippen LogP contribution is -2.47. The first-order valence-corrected chi connectivity index (χ1v) is 8.53. The van der Waals surface area contributed by atoms with E-state index in [9.17, 15) is 4.79 Å². The van der Waals surface area contributed by atoms with Gasteiger partial charge in [-0.05, 0) is 48.0 Å². The average Bonchev–Trinajstić information content (AvgIpc) is 2.51. The number of methoxy groups -OCH3 is 1. The fourth-order valence-electron chi connectivity index (χ4n) is 3.47. The van der Waals surface area contributed by atoms with E-state index in [2.05, 4.69) is 31.4 Å². The number of amides is 1. The molecule has 0 unspecified atom stereocenters. The number of thiocarbonyl (C=S) groups is 1. The SMILES string of the molecule is CC[C@H]1C[C@@H](CC(=O)NC(=S)Nc2ccccc2OC)C1(C)C. The molecule has 0 aliphatic heterocycles. The van der Waals surface area contributed by atoms with Crippen molar-refractivity contribution in [3.8, 4) is 5.75 Å². The van der Waals surface area contributed by atoms with E-state index in [0.29, 0.717) is 23.2 Å². The molecule has 1 aromatic carbocycles. The van der Waals surface area contributed by atoms with Gasteiger partial charge in [0.15, 0.2) is 5.11 Å². The minimum atomic E-state index is -0.0231. The van der Waals surface area contributed by atoms with Gasteiger partial charge in [-0.1, -0.05) is 39.3 Å². The topological polar surface area (TPSA) is 50.4 Å². The maximum Gasteiger partial charge on any atom is 0.226 e. The molecule has 0 spiro atoms. The van der Waals surface area contributed by atoms with Crippen molar-refractivity contribution in [2.45, 2.75) is 40.0 Å². The molecule has 5 heteroatoms. The van der Waals surface area contributed by atoms with Crippen LogP contribution in [0.15, 0.2) is 24.3 Å². The lowest BCUT2D eigenvalue weighted by atomic mass is 9.53. The summed E-state index contributed by atoms with van der Waals surface area (Å²) in [7, 11) is 1.60. The molecule has 23 heavy (non-hydrogen) atoms. The van der Waals surface area contributed by atoms with Gasteiger partial charge >= 0.3 is 0 Å². The Hall–Kier alpha value is -1.62. The molecule has 0 saturated heterocycles. The quantitative estimate of drug-likeness (QED) is 0.800. The summed E-state index contributed by atoms with van der Waals surface area (Å²) in [5, 5.41) is 6.10. The zero-order valence-corrected chi connectivity index (χ0v) is 15.1. The molecule has 0 heterocycles. The Morgan fingerprint density at radius 1 is 1.35 bits per heavy atom. The van der Waals surface area contributed by atoms with Crippen molar-refractivity contribution in [3.63, 3.8) is 0 Å². The van der Waals surface area contributed by atoms with Gasteiger partial charge in [0.1, 0.15) is 5.75 Å². The first kappa shape index (κ1) is 17.7. The van der Waals surface area contributed by atoms with Crippen LogP contribution in [0.25, 0.3) is 0 Å². The van der Waals surface area contributed by atoms with Crippen molar-refractivity contribution in [3.05, 3.63) is 24.3 Å². The fraction of sp³-hybridized carbons (Fsp3) is 0.556. The molecule has 1 aliphatic carbocycles. The largest absolute Gasteiger partial charge is 0.495 e. The van der Waals surface area contributed by atoms with Crippen LogP contribution in [0.3, 0.4) is 0 Å². The lowest BCUT2D eigenvalue weighted by molar-refractivity contribution is -0.125. The highest BCUT2D eigenvalue weighted by molar-refractivity contribution is 7.80. The number of carbonyl (C=O) groups excluding carboxylic acids is 1. The highest BCUT2D eigenvalue weighted by Gasteiger charge is 2.47. The first-order valence-electron chi connectivity index (χ1n) is 8.12. The Balaban J connectivity index is 1.85. The number of rotatable bonds is 5. The third-order valence-electron chi connectivity index (χ3n) is 5.21. The van der Waals surface area contributed by atoms with E-state index in [4.69, 9.17) is 17.0 Å². The summed E-state index contributed by atoms with van der Waals surface area (Å²) in [6, 6.07) is 7.47. The van der Waals surface area contributed by atoms with E-state index in [1.807, 2.05) is 24.3 Å². The summed E-state index contributed by atoms with van der Waals surface area (Å²) in [6.07, 6.45) is 2.83. The van der Waals surface area contributed by atoms with Gasteiger partial charge in [0.25, 0.3) is 0 Å². The molecule has 1 aromatic rings. The summed E-state index contributed by atoms with van der Waals surface area (Å²) in [6.45, 7) is 6.73. The minimum Gasteiger partial charge on any atom is -0.495 e. The van der Waals surface area contributed by atoms with Gasteiger partial charge in [0, 0.05) is 6.42 Å². The second-order valence-corrected chi connectivity index (χ2v) is 7.17. The maximum absolute atomic E-state index is 12.2. The number of ether oxygens (including phenoxy) is 1. The van der Waals surface area contributed by atoms with E-state index < -0.39 is 0 Å². The first-order chi connectivity index (χ1) is 10.9. The van der Waals surface area contributed by atoms with Crippen molar-refractivity contribution in [1.29, 1.82) is 0 Å². The fourth-order valence-corrected chi connectivity index (χ4v) is 3.69. The number of carbonyl (C=O) groups is 1. The van der Waals surface area contributed by atoms with Gasteiger partial charge < -0.3 is 15.4 Å². The van der Waals surface area contributed by atoms with Crippen LogP contribution < -0.4 is 15.4 Å². The Morgan fingerprint density at radius 3 is 2.65 bits per heavy atom. The number of hydrogen-bond acceptors (Lipinski definition) is 3. The van der Waals surface area contributed by atoms with Crippen LogP contribution in [0, 0.1) is 17.3 Å². The van der Waals surface area contributed by atoms with Gasteiger partial charge in [-0.2, -0.15) is 0 Å². The number of anilines is 1. The van der Waals surface area contributed by atoms with E-state index in [-0.39, 0.29) is 11.3 Å². The average molecular weight is 334 g/mol. The Morgan fingerprint density at radius 2 is 2.04 bits per heavy atom. The van der Waals surface area contributed by atoms with Crippen LogP contribution >= 0.6 is 12.2 Å². The number of nitrogens with one attached hydrogen (secondary N) is 2. The smallest absolute Gasteiger partial charge is 0.226 e. The number of hydrogen-bond donors (Lipinski definition) is 2. The molecule has 1 saturated carbocycles. The molecule has 1 aliphatic rings. The van der Waals surface area contributed by atoms with Gasteiger partial charge in [0.05, 0.1) is 12.8 Å². The molecule has 1 amide bonds. The highest BCUT2D eigenvalue weighted by Crippen LogP contribution is 2.54. The molecule has 2 rings (SSSR count). The van der Waals surface area contributed by atoms with Crippen molar-refractivity contribution in [2.24, 2.45) is 17.3 Å². The van der Waals surface area contributed by atoms with E-state index >= 15 is 0 Å². The molecule has 1 fully saturated rings. The second kappa shape index (κ2) is 7.30. The summed E-state index contributed by atoms with van der Waals surface area (Å²) < 4.78 is 5.26. The molecular formula is C18H26N2O2S. The summed E-state index contributed by atoms with van der Waals surface area (Å²) in [5.74, 6) is 1.82.